The van der Waals surface area contributed by atoms with E-state index in [1.165, 1.54) is 6.92 Å². The maximum absolute atomic E-state index is 13.5. The van der Waals surface area contributed by atoms with E-state index >= 15 is 0 Å². The molecule has 2 aromatic heterocycles. The molecule has 30 heavy (non-hydrogen) atoms. The van der Waals surface area contributed by atoms with Crippen molar-refractivity contribution in [3.05, 3.63) is 41.9 Å². The minimum absolute atomic E-state index is 0.00695. The molecule has 1 saturated carbocycles. The highest BCUT2D eigenvalue weighted by atomic mass is 32.2. The van der Waals surface area contributed by atoms with E-state index in [1.807, 2.05) is 19.9 Å². The molecule has 0 bridgehead atoms. The number of hydrogen-bond donors (Lipinski definition) is 1. The molecule has 8 heteroatoms. The number of nitrogens with zero attached hydrogens (tertiary/aromatic N) is 2. The van der Waals surface area contributed by atoms with Gasteiger partial charge in [-0.15, -0.1) is 0 Å². The van der Waals surface area contributed by atoms with E-state index in [4.69, 9.17) is 4.52 Å². The quantitative estimate of drug-likeness (QED) is 0.668. The Hall–Kier alpha value is -2.74. The summed E-state index contributed by atoms with van der Waals surface area (Å²) in [6.45, 7) is 5.11. The van der Waals surface area contributed by atoms with Gasteiger partial charge >= 0.3 is 0 Å². The van der Waals surface area contributed by atoms with E-state index in [0.717, 1.165) is 30.4 Å². The van der Waals surface area contributed by atoms with Crippen molar-refractivity contribution in [3.8, 4) is 11.1 Å². The summed E-state index contributed by atoms with van der Waals surface area (Å²) < 4.78 is 32.4. The predicted octanol–water partition coefficient (Wildman–Crippen LogP) is 3.59. The van der Waals surface area contributed by atoms with Crippen LogP contribution >= 0.6 is 0 Å². The highest BCUT2D eigenvalue weighted by molar-refractivity contribution is 7.91. The normalized spacial score (nSPS) is 19.3. The lowest BCUT2D eigenvalue weighted by molar-refractivity contribution is -0.119. The number of aromatic nitrogens is 2. The maximum Gasteiger partial charge on any atom is 0.217 e. The third kappa shape index (κ3) is 3.84. The number of aryl methyl sites for hydroxylation is 2. The molecule has 1 aliphatic carbocycles. The van der Waals surface area contributed by atoms with E-state index in [2.05, 4.69) is 15.5 Å². The number of carbonyl (C=O) groups excluding carboxylic acids is 1. The molecule has 4 rings (SSSR count). The van der Waals surface area contributed by atoms with Gasteiger partial charge in [0.2, 0.25) is 5.91 Å². The predicted molar refractivity (Wildman–Crippen MR) is 114 cm³/mol. The monoisotopic (exact) mass is 427 g/mol. The molecule has 0 radical (unpaired) electrons. The maximum atomic E-state index is 13.5. The van der Waals surface area contributed by atoms with Crippen molar-refractivity contribution in [2.24, 2.45) is 5.92 Å². The molecule has 1 fully saturated rings. The largest absolute Gasteiger partial charge is 0.361 e. The first kappa shape index (κ1) is 20.5. The molecular weight excluding hydrogens is 402 g/mol. The van der Waals surface area contributed by atoms with Gasteiger partial charge in [0, 0.05) is 30.1 Å². The van der Waals surface area contributed by atoms with Crippen molar-refractivity contribution in [2.45, 2.75) is 51.0 Å². The lowest BCUT2D eigenvalue weighted by Gasteiger charge is -2.21. The number of fused-ring (bicyclic) bond motifs is 1. The molecule has 0 spiro atoms. The van der Waals surface area contributed by atoms with Gasteiger partial charge in [0.1, 0.15) is 5.76 Å². The number of amides is 1. The summed E-state index contributed by atoms with van der Waals surface area (Å²) in [7, 11) is -3.62. The lowest BCUT2D eigenvalue weighted by atomic mass is 10.0. The summed E-state index contributed by atoms with van der Waals surface area (Å²) in [5.41, 5.74) is 2.82. The van der Waals surface area contributed by atoms with Crippen molar-refractivity contribution < 1.29 is 17.7 Å². The molecule has 0 aliphatic heterocycles. The van der Waals surface area contributed by atoms with Gasteiger partial charge in [-0.3, -0.25) is 9.78 Å². The SMILES string of the molecule is CC(=O)NC1CCC[C@H]1CS(=O)(=O)c1cc(-c2c(C)noc2C)cc2ncccc12. The highest BCUT2D eigenvalue weighted by Gasteiger charge is 2.33. The molecule has 0 saturated heterocycles. The number of carbonyl (C=O) groups is 1. The molecule has 158 valence electrons. The number of nitrogens with one attached hydrogen (secondary N) is 1. The Bertz CT molecular complexity index is 1200. The average molecular weight is 428 g/mol. The van der Waals surface area contributed by atoms with Crippen molar-refractivity contribution in [3.63, 3.8) is 0 Å². The first-order valence-electron chi connectivity index (χ1n) is 10.1. The fourth-order valence-corrected chi connectivity index (χ4v) is 6.46. The summed E-state index contributed by atoms with van der Waals surface area (Å²) >= 11 is 0. The summed E-state index contributed by atoms with van der Waals surface area (Å²) in [4.78, 5) is 16.2. The first-order valence-corrected chi connectivity index (χ1v) is 11.7. The van der Waals surface area contributed by atoms with Gasteiger partial charge in [0.15, 0.2) is 9.84 Å². The molecule has 1 aromatic carbocycles. The minimum Gasteiger partial charge on any atom is -0.361 e. The van der Waals surface area contributed by atoms with Crippen LogP contribution in [0.5, 0.6) is 0 Å². The number of benzene rings is 1. The molecule has 7 nitrogen and oxygen atoms in total. The standard InChI is InChI=1S/C22H25N3O4S/c1-13-22(14(2)29-25-13)17-10-20-18(7-5-9-23-20)21(11-17)30(27,28)12-16-6-4-8-19(16)24-15(3)26/h5,7,9-11,16,19H,4,6,8,12H2,1-3H3,(H,24,26)/t16-,19?/m0/s1. The Labute approximate surface area is 175 Å². The van der Waals surface area contributed by atoms with Crippen LogP contribution in [0.4, 0.5) is 0 Å². The number of pyridine rings is 1. The summed E-state index contributed by atoms with van der Waals surface area (Å²) in [6, 6.07) is 7.00. The van der Waals surface area contributed by atoms with Crippen molar-refractivity contribution >= 4 is 26.6 Å². The second kappa shape index (κ2) is 7.83. The van der Waals surface area contributed by atoms with Crippen molar-refractivity contribution in [1.29, 1.82) is 0 Å². The van der Waals surface area contributed by atoms with Gasteiger partial charge in [-0.05, 0) is 62.4 Å². The van der Waals surface area contributed by atoms with Gasteiger partial charge in [0.25, 0.3) is 0 Å². The molecule has 1 aliphatic rings. The van der Waals surface area contributed by atoms with Crippen LogP contribution in [0.25, 0.3) is 22.0 Å². The second-order valence-electron chi connectivity index (χ2n) is 8.02. The topological polar surface area (TPSA) is 102 Å². The van der Waals surface area contributed by atoms with Crippen LogP contribution in [0.15, 0.2) is 39.9 Å². The summed E-state index contributed by atoms with van der Waals surface area (Å²) in [5.74, 6) is 0.396. The van der Waals surface area contributed by atoms with Crippen molar-refractivity contribution in [1.82, 2.24) is 15.5 Å². The molecule has 2 heterocycles. The van der Waals surface area contributed by atoms with Gasteiger partial charge in [0.05, 0.1) is 21.9 Å². The molecule has 2 atom stereocenters. The lowest BCUT2D eigenvalue weighted by Crippen LogP contribution is -2.38. The van der Waals surface area contributed by atoms with E-state index in [1.54, 1.807) is 24.4 Å². The summed E-state index contributed by atoms with van der Waals surface area (Å²) in [6.07, 6.45) is 4.15. The smallest absolute Gasteiger partial charge is 0.217 e. The molecule has 1 amide bonds. The summed E-state index contributed by atoms with van der Waals surface area (Å²) in [5, 5.41) is 7.51. The van der Waals surface area contributed by atoms with E-state index in [9.17, 15) is 13.2 Å². The van der Waals surface area contributed by atoms with Crippen molar-refractivity contribution in [2.75, 3.05) is 5.75 Å². The second-order valence-corrected chi connectivity index (χ2v) is 10.0. The third-order valence-corrected chi connectivity index (χ3v) is 7.70. The van der Waals surface area contributed by atoms with Crippen LogP contribution in [-0.4, -0.2) is 36.3 Å². The first-order chi connectivity index (χ1) is 14.3. The third-order valence-electron chi connectivity index (χ3n) is 5.82. The van der Waals surface area contributed by atoms with Gasteiger partial charge < -0.3 is 9.84 Å². The average Bonchev–Trinajstić information content (AvgIpc) is 3.25. The molecule has 1 N–H and O–H groups in total. The van der Waals surface area contributed by atoms with Crippen LogP contribution in [0, 0.1) is 19.8 Å². The molecular formula is C22H25N3O4S. The Kier molecular flexibility index (Phi) is 5.36. The fourth-order valence-electron chi connectivity index (χ4n) is 4.50. The Morgan fingerprint density at radius 3 is 2.77 bits per heavy atom. The van der Waals surface area contributed by atoms with Crippen LogP contribution in [0.3, 0.4) is 0 Å². The number of sulfone groups is 1. The van der Waals surface area contributed by atoms with Crippen LogP contribution in [0.1, 0.15) is 37.6 Å². The Morgan fingerprint density at radius 1 is 1.27 bits per heavy atom. The van der Waals surface area contributed by atoms with Gasteiger partial charge in [-0.1, -0.05) is 11.6 Å². The minimum atomic E-state index is -3.62. The molecule has 3 aromatic rings. The van der Waals surface area contributed by atoms with Crippen LogP contribution < -0.4 is 5.32 Å². The zero-order chi connectivity index (χ0) is 21.5. The van der Waals surface area contributed by atoms with Gasteiger partial charge in [-0.25, -0.2) is 8.42 Å². The van der Waals surface area contributed by atoms with E-state index in [0.29, 0.717) is 22.4 Å². The Balaban J connectivity index is 1.80. The molecule has 1 unspecified atom stereocenters. The fraction of sp³-hybridized carbons (Fsp3) is 0.409. The van der Waals surface area contributed by atoms with Crippen LogP contribution in [-0.2, 0) is 14.6 Å². The zero-order valence-corrected chi connectivity index (χ0v) is 18.1. The van der Waals surface area contributed by atoms with Gasteiger partial charge in [-0.2, -0.15) is 0 Å². The van der Waals surface area contributed by atoms with E-state index < -0.39 is 9.84 Å². The number of rotatable bonds is 5. The van der Waals surface area contributed by atoms with Crippen LogP contribution in [0.2, 0.25) is 0 Å². The zero-order valence-electron chi connectivity index (χ0n) is 17.3. The number of hydrogen-bond acceptors (Lipinski definition) is 6. The Morgan fingerprint density at radius 2 is 2.07 bits per heavy atom. The van der Waals surface area contributed by atoms with E-state index in [-0.39, 0.29) is 28.5 Å². The highest BCUT2D eigenvalue weighted by Crippen LogP contribution is 2.35.